The largest absolute Gasteiger partial charge is 0.508 e. The number of methoxy groups -OCH3 is 2. The second-order valence-electron chi connectivity index (χ2n) is 4.27. The van der Waals surface area contributed by atoms with Gasteiger partial charge in [0.1, 0.15) is 30.0 Å². The van der Waals surface area contributed by atoms with Gasteiger partial charge < -0.3 is 19.3 Å². The molecule has 106 valence electrons. The molecular formula is C16H18O4. The normalized spacial score (nSPS) is 11.9. The molecule has 0 heterocycles. The van der Waals surface area contributed by atoms with Gasteiger partial charge in [0.2, 0.25) is 0 Å². The lowest BCUT2D eigenvalue weighted by molar-refractivity contribution is 0.0557. The first-order chi connectivity index (χ1) is 9.74. The van der Waals surface area contributed by atoms with Crippen molar-refractivity contribution >= 4 is 0 Å². The van der Waals surface area contributed by atoms with E-state index in [1.807, 2.05) is 24.3 Å². The van der Waals surface area contributed by atoms with Gasteiger partial charge in [-0.2, -0.15) is 0 Å². The maximum absolute atomic E-state index is 9.40. The van der Waals surface area contributed by atoms with E-state index in [1.54, 1.807) is 38.5 Å². The SMILES string of the molecule is COc1ccccc1C(COc1cccc(O)c1)OC. The topological polar surface area (TPSA) is 47.9 Å². The first-order valence-electron chi connectivity index (χ1n) is 6.32. The fraction of sp³-hybridized carbons (Fsp3) is 0.250. The Balaban J connectivity index is 2.09. The van der Waals surface area contributed by atoms with Crippen molar-refractivity contribution < 1.29 is 19.3 Å². The van der Waals surface area contributed by atoms with Crippen LogP contribution in [0.2, 0.25) is 0 Å². The lowest BCUT2D eigenvalue weighted by atomic mass is 10.1. The highest BCUT2D eigenvalue weighted by Gasteiger charge is 2.16. The van der Waals surface area contributed by atoms with E-state index in [0.29, 0.717) is 12.4 Å². The number of ether oxygens (including phenoxy) is 3. The Kier molecular flexibility index (Phi) is 4.85. The minimum atomic E-state index is -0.242. The van der Waals surface area contributed by atoms with Crippen molar-refractivity contribution in [2.45, 2.75) is 6.10 Å². The Hall–Kier alpha value is -2.20. The Morgan fingerprint density at radius 3 is 2.55 bits per heavy atom. The van der Waals surface area contributed by atoms with Crippen LogP contribution in [0.15, 0.2) is 48.5 Å². The summed E-state index contributed by atoms with van der Waals surface area (Å²) in [6.07, 6.45) is -0.242. The number of hydrogen-bond acceptors (Lipinski definition) is 4. The number of para-hydroxylation sites is 1. The molecule has 0 bridgehead atoms. The molecule has 2 aromatic rings. The summed E-state index contributed by atoms with van der Waals surface area (Å²) < 4.78 is 16.4. The lowest BCUT2D eigenvalue weighted by Gasteiger charge is -2.19. The molecule has 4 nitrogen and oxygen atoms in total. The maximum atomic E-state index is 9.40. The highest BCUT2D eigenvalue weighted by atomic mass is 16.5. The Labute approximate surface area is 118 Å². The fourth-order valence-corrected chi connectivity index (χ4v) is 1.96. The number of rotatable bonds is 6. The van der Waals surface area contributed by atoms with Gasteiger partial charge in [-0.1, -0.05) is 24.3 Å². The van der Waals surface area contributed by atoms with Crippen molar-refractivity contribution in [1.29, 1.82) is 0 Å². The number of hydrogen-bond donors (Lipinski definition) is 1. The minimum absolute atomic E-state index is 0.175. The van der Waals surface area contributed by atoms with Crippen LogP contribution in [0.25, 0.3) is 0 Å². The van der Waals surface area contributed by atoms with Crippen LogP contribution >= 0.6 is 0 Å². The van der Waals surface area contributed by atoms with Gasteiger partial charge in [0, 0.05) is 18.7 Å². The maximum Gasteiger partial charge on any atom is 0.124 e. The zero-order chi connectivity index (χ0) is 14.4. The molecule has 0 aromatic heterocycles. The molecule has 0 aliphatic carbocycles. The highest BCUT2D eigenvalue weighted by molar-refractivity contribution is 5.36. The Morgan fingerprint density at radius 2 is 1.85 bits per heavy atom. The van der Waals surface area contributed by atoms with Gasteiger partial charge in [-0.05, 0) is 18.2 Å². The molecule has 0 fully saturated rings. The first-order valence-corrected chi connectivity index (χ1v) is 6.32. The molecule has 0 aliphatic heterocycles. The van der Waals surface area contributed by atoms with Crippen LogP contribution in [-0.4, -0.2) is 25.9 Å². The minimum Gasteiger partial charge on any atom is -0.508 e. The van der Waals surface area contributed by atoms with Crippen molar-refractivity contribution in [3.63, 3.8) is 0 Å². The van der Waals surface area contributed by atoms with E-state index < -0.39 is 0 Å². The van der Waals surface area contributed by atoms with E-state index in [9.17, 15) is 5.11 Å². The van der Waals surface area contributed by atoms with E-state index in [2.05, 4.69) is 0 Å². The molecule has 1 unspecified atom stereocenters. The van der Waals surface area contributed by atoms with Crippen LogP contribution in [0, 0.1) is 0 Å². The summed E-state index contributed by atoms with van der Waals surface area (Å²) in [4.78, 5) is 0. The molecule has 0 amide bonds. The average Bonchev–Trinajstić information content (AvgIpc) is 2.48. The Bertz CT molecular complexity index is 554. The average molecular weight is 274 g/mol. The third-order valence-electron chi connectivity index (χ3n) is 2.99. The molecule has 1 atom stereocenters. The van der Waals surface area contributed by atoms with E-state index in [4.69, 9.17) is 14.2 Å². The molecule has 1 N–H and O–H groups in total. The van der Waals surface area contributed by atoms with Gasteiger partial charge in [-0.15, -0.1) is 0 Å². The van der Waals surface area contributed by atoms with Crippen LogP contribution in [0.3, 0.4) is 0 Å². The molecular weight excluding hydrogens is 256 g/mol. The standard InChI is InChI=1S/C16H18O4/c1-18-15-9-4-3-8-14(15)16(19-2)11-20-13-7-5-6-12(17)10-13/h3-10,16-17H,11H2,1-2H3. The van der Waals surface area contributed by atoms with Crippen molar-refractivity contribution in [3.05, 3.63) is 54.1 Å². The summed E-state index contributed by atoms with van der Waals surface area (Å²) in [6, 6.07) is 14.3. The lowest BCUT2D eigenvalue weighted by Crippen LogP contribution is -2.13. The van der Waals surface area contributed by atoms with Gasteiger partial charge >= 0.3 is 0 Å². The second-order valence-corrected chi connectivity index (χ2v) is 4.27. The fourth-order valence-electron chi connectivity index (χ4n) is 1.96. The van der Waals surface area contributed by atoms with E-state index in [1.165, 1.54) is 0 Å². The van der Waals surface area contributed by atoms with E-state index in [-0.39, 0.29) is 11.9 Å². The van der Waals surface area contributed by atoms with Crippen LogP contribution in [-0.2, 0) is 4.74 Å². The molecule has 4 heteroatoms. The van der Waals surface area contributed by atoms with Crippen molar-refractivity contribution in [2.75, 3.05) is 20.8 Å². The molecule has 2 aromatic carbocycles. The quantitative estimate of drug-likeness (QED) is 0.879. The predicted molar refractivity (Wildman–Crippen MR) is 76.3 cm³/mol. The molecule has 0 saturated carbocycles. The van der Waals surface area contributed by atoms with Gasteiger partial charge in [0.25, 0.3) is 0 Å². The zero-order valence-corrected chi connectivity index (χ0v) is 11.6. The van der Waals surface area contributed by atoms with E-state index in [0.717, 1.165) is 11.3 Å². The van der Waals surface area contributed by atoms with Crippen LogP contribution in [0.1, 0.15) is 11.7 Å². The molecule has 0 radical (unpaired) electrons. The van der Waals surface area contributed by atoms with Gasteiger partial charge in [0.05, 0.1) is 7.11 Å². The summed E-state index contributed by atoms with van der Waals surface area (Å²) in [5, 5.41) is 9.40. The summed E-state index contributed by atoms with van der Waals surface area (Å²) in [5.41, 5.74) is 0.928. The van der Waals surface area contributed by atoms with Crippen molar-refractivity contribution in [1.82, 2.24) is 0 Å². The third-order valence-corrected chi connectivity index (χ3v) is 2.99. The summed E-state index contributed by atoms with van der Waals surface area (Å²) in [6.45, 7) is 0.334. The van der Waals surface area contributed by atoms with Gasteiger partial charge in [-0.3, -0.25) is 0 Å². The van der Waals surface area contributed by atoms with Crippen molar-refractivity contribution in [3.8, 4) is 17.2 Å². The molecule has 0 spiro atoms. The van der Waals surface area contributed by atoms with E-state index >= 15 is 0 Å². The van der Waals surface area contributed by atoms with Crippen molar-refractivity contribution in [2.24, 2.45) is 0 Å². The summed E-state index contributed by atoms with van der Waals surface area (Å²) in [7, 11) is 3.25. The molecule has 20 heavy (non-hydrogen) atoms. The smallest absolute Gasteiger partial charge is 0.124 e. The summed E-state index contributed by atoms with van der Waals surface area (Å²) in [5.74, 6) is 1.54. The zero-order valence-electron chi connectivity index (χ0n) is 11.6. The number of phenols is 1. The first kappa shape index (κ1) is 14.2. The number of phenolic OH excluding ortho intramolecular Hbond substituents is 1. The molecule has 0 aliphatic rings. The van der Waals surface area contributed by atoms with Gasteiger partial charge in [0.15, 0.2) is 0 Å². The number of benzene rings is 2. The third kappa shape index (κ3) is 3.42. The monoisotopic (exact) mass is 274 g/mol. The molecule has 2 rings (SSSR count). The number of aromatic hydroxyl groups is 1. The molecule has 0 saturated heterocycles. The van der Waals surface area contributed by atoms with Gasteiger partial charge in [-0.25, -0.2) is 0 Å². The predicted octanol–water partition coefficient (Wildman–Crippen LogP) is 3.17. The van der Waals surface area contributed by atoms with Crippen LogP contribution in [0.5, 0.6) is 17.2 Å². The summed E-state index contributed by atoms with van der Waals surface area (Å²) >= 11 is 0. The Morgan fingerprint density at radius 1 is 1.05 bits per heavy atom. The second kappa shape index (κ2) is 6.82. The van der Waals surface area contributed by atoms with Crippen LogP contribution in [0.4, 0.5) is 0 Å². The highest BCUT2D eigenvalue weighted by Crippen LogP contribution is 2.28. The van der Waals surface area contributed by atoms with Crippen LogP contribution < -0.4 is 9.47 Å².